The maximum atomic E-state index is 11.1. The van der Waals surface area contributed by atoms with Crippen molar-refractivity contribution in [2.75, 3.05) is 0 Å². The van der Waals surface area contributed by atoms with Crippen molar-refractivity contribution in [2.24, 2.45) is 9.98 Å². The molecular formula is C34H48N2O3Ti. The van der Waals surface area contributed by atoms with Gasteiger partial charge in [-0.15, -0.1) is 11.5 Å². The fourth-order valence-corrected chi connectivity index (χ4v) is 4.29. The number of benzene rings is 2. The summed E-state index contributed by atoms with van der Waals surface area (Å²) in [4.78, 5) is 9.36. The van der Waals surface area contributed by atoms with Gasteiger partial charge in [-0.05, 0) is 59.8 Å². The molecule has 0 N–H and O–H groups in total. The Hall–Kier alpha value is -2.47. The van der Waals surface area contributed by atoms with Crippen LogP contribution < -0.4 is 10.2 Å². The van der Waals surface area contributed by atoms with Crippen LogP contribution in [0.3, 0.4) is 0 Å². The van der Waals surface area contributed by atoms with Crippen LogP contribution in [0.5, 0.6) is 0 Å². The van der Waals surface area contributed by atoms with E-state index in [0.717, 1.165) is 22.8 Å². The van der Waals surface area contributed by atoms with E-state index in [1.807, 2.05) is 13.8 Å². The number of hydrogen-bond donors (Lipinski definition) is 0. The topological polar surface area (TPSA) is 99.3 Å². The number of hydrogen-bond acceptors (Lipinski definition) is 4. The molecule has 5 nitrogen and oxygen atoms in total. The van der Waals surface area contributed by atoms with Crippen LogP contribution in [-0.4, -0.2) is 11.4 Å². The number of aliphatic imine (C=N–C) groups is 2. The van der Waals surface area contributed by atoms with E-state index in [2.05, 4.69) is 102 Å². The predicted molar refractivity (Wildman–Crippen MR) is 163 cm³/mol. The standard InChI is InChI=1S/2C17H25NO.O.Ti/c2*1-11(2)15-8-7-9-16(12(3)4)17(15)18-13(5)10-14(6)19;;/h2*7-12,19H,1-6H3;;/q;;-2;+4/p-2/b2*14-10-,18-13?;;. The van der Waals surface area contributed by atoms with E-state index in [1.54, 1.807) is 26.0 Å². The maximum Gasteiger partial charge on any atom is 4.00 e. The van der Waals surface area contributed by atoms with Crippen LogP contribution in [0.25, 0.3) is 0 Å². The van der Waals surface area contributed by atoms with Gasteiger partial charge in [-0.1, -0.05) is 118 Å². The molecule has 2 aromatic carbocycles. The summed E-state index contributed by atoms with van der Waals surface area (Å²) in [5.74, 6) is 1.75. The molecule has 0 aromatic heterocycles. The van der Waals surface area contributed by atoms with Gasteiger partial charge in [0.1, 0.15) is 0 Å². The normalized spacial score (nSPS) is 12.8. The predicted octanol–water partition coefficient (Wildman–Crippen LogP) is 8.46. The summed E-state index contributed by atoms with van der Waals surface area (Å²) < 4.78 is 0. The molecule has 216 valence electrons. The van der Waals surface area contributed by atoms with E-state index in [1.165, 1.54) is 22.3 Å². The summed E-state index contributed by atoms with van der Waals surface area (Å²) in [6.45, 7) is 24.2. The Balaban J connectivity index is 0. The van der Waals surface area contributed by atoms with Gasteiger partial charge in [-0.3, -0.25) is 9.98 Å². The zero-order chi connectivity index (χ0) is 29.2. The van der Waals surface area contributed by atoms with Crippen LogP contribution in [0.4, 0.5) is 11.4 Å². The fourth-order valence-electron chi connectivity index (χ4n) is 4.29. The molecule has 0 aliphatic carbocycles. The van der Waals surface area contributed by atoms with Gasteiger partial charge in [0.05, 0.1) is 11.4 Å². The van der Waals surface area contributed by atoms with Gasteiger partial charge < -0.3 is 15.7 Å². The van der Waals surface area contributed by atoms with Gasteiger partial charge in [-0.2, -0.15) is 0 Å². The molecule has 40 heavy (non-hydrogen) atoms. The van der Waals surface area contributed by atoms with Crippen LogP contribution in [-0.2, 0) is 27.2 Å². The number of allylic oxidation sites excluding steroid dienone is 4. The summed E-state index contributed by atoms with van der Waals surface area (Å²) in [5.41, 5.74) is 8.55. The minimum Gasteiger partial charge on any atom is -2.00 e. The quantitative estimate of drug-likeness (QED) is 0.178. The fraction of sp³-hybridized carbons (Fsp3) is 0.471. The van der Waals surface area contributed by atoms with E-state index in [9.17, 15) is 10.2 Å². The van der Waals surface area contributed by atoms with Gasteiger partial charge in [-0.25, -0.2) is 0 Å². The van der Waals surface area contributed by atoms with E-state index < -0.39 is 0 Å². The maximum absolute atomic E-state index is 11.1. The Labute approximate surface area is 258 Å². The van der Waals surface area contributed by atoms with Crippen molar-refractivity contribution in [1.29, 1.82) is 0 Å². The second kappa shape index (κ2) is 18.8. The molecule has 0 saturated heterocycles. The first kappa shape index (κ1) is 39.7. The molecule has 2 rings (SSSR count). The molecule has 0 aliphatic rings. The molecule has 0 unspecified atom stereocenters. The first-order valence-electron chi connectivity index (χ1n) is 13.7. The Kier molecular flexibility index (Phi) is 18.6. The molecule has 0 saturated carbocycles. The Bertz CT molecular complexity index is 1040. The van der Waals surface area contributed by atoms with Gasteiger partial charge in [0.2, 0.25) is 0 Å². The number of rotatable bonds is 8. The van der Waals surface area contributed by atoms with Gasteiger partial charge >= 0.3 is 21.7 Å². The Morgan fingerprint density at radius 1 is 0.550 bits per heavy atom. The van der Waals surface area contributed by atoms with Crippen LogP contribution in [0, 0.1) is 0 Å². The second-order valence-electron chi connectivity index (χ2n) is 11.2. The first-order valence-corrected chi connectivity index (χ1v) is 13.7. The Morgan fingerprint density at radius 3 is 0.950 bits per heavy atom. The first-order chi connectivity index (χ1) is 17.6. The van der Waals surface area contributed by atoms with Crippen molar-refractivity contribution in [3.05, 3.63) is 82.3 Å². The zero-order valence-electron chi connectivity index (χ0n) is 26.5. The SMILES string of the molecule is CC(/C=C(/C)[O-])=Nc1c(C(C)C)cccc1C(C)C.CC(/C=C(/C)[O-])=Nc1c(C(C)C)cccc1C(C)C.[O-2].[Ti+4]. The number of nitrogens with zero attached hydrogens (tertiary/aromatic N) is 2. The molecule has 0 atom stereocenters. The van der Waals surface area contributed by atoms with Gasteiger partial charge in [0, 0.05) is 11.4 Å². The molecule has 0 radical (unpaired) electrons. The molecule has 0 amide bonds. The van der Waals surface area contributed by atoms with E-state index in [4.69, 9.17) is 0 Å². The largest absolute Gasteiger partial charge is 4.00 e. The molecule has 0 spiro atoms. The third-order valence-electron chi connectivity index (χ3n) is 6.09. The second-order valence-corrected chi connectivity index (χ2v) is 11.2. The van der Waals surface area contributed by atoms with Crippen molar-refractivity contribution >= 4 is 22.8 Å². The average Bonchev–Trinajstić information content (AvgIpc) is 2.77. The van der Waals surface area contributed by atoms with Crippen molar-refractivity contribution in [2.45, 2.75) is 107 Å². The summed E-state index contributed by atoms with van der Waals surface area (Å²) in [6, 6.07) is 12.7. The minimum absolute atomic E-state index is 0. The molecule has 0 fully saturated rings. The van der Waals surface area contributed by atoms with Crippen molar-refractivity contribution < 1.29 is 37.4 Å². The van der Waals surface area contributed by atoms with Gasteiger partial charge in [0.15, 0.2) is 0 Å². The molecule has 0 aliphatic heterocycles. The van der Waals surface area contributed by atoms with Gasteiger partial charge in [0.25, 0.3) is 0 Å². The molecule has 0 bridgehead atoms. The minimum atomic E-state index is 0. The van der Waals surface area contributed by atoms with E-state index >= 15 is 0 Å². The molecule has 0 heterocycles. The molecular weight excluding hydrogens is 532 g/mol. The average molecular weight is 581 g/mol. The van der Waals surface area contributed by atoms with E-state index in [-0.39, 0.29) is 38.7 Å². The summed E-state index contributed by atoms with van der Waals surface area (Å²) in [6.07, 6.45) is 3.17. The Morgan fingerprint density at radius 2 is 0.775 bits per heavy atom. The third-order valence-corrected chi connectivity index (χ3v) is 6.09. The summed E-state index contributed by atoms with van der Waals surface area (Å²) >= 11 is 0. The number of para-hydroxylation sites is 2. The van der Waals surface area contributed by atoms with E-state index in [0.29, 0.717) is 23.7 Å². The monoisotopic (exact) mass is 580 g/mol. The van der Waals surface area contributed by atoms with Crippen molar-refractivity contribution in [3.63, 3.8) is 0 Å². The van der Waals surface area contributed by atoms with Crippen LogP contribution in [0.1, 0.15) is 129 Å². The van der Waals surface area contributed by atoms with Crippen LogP contribution in [0.2, 0.25) is 0 Å². The summed E-state index contributed by atoms with van der Waals surface area (Å²) in [7, 11) is 0. The third kappa shape index (κ3) is 12.8. The van der Waals surface area contributed by atoms with Crippen molar-refractivity contribution in [1.82, 2.24) is 0 Å². The molecule has 6 heteroatoms. The smallest absolute Gasteiger partial charge is 2.00 e. The van der Waals surface area contributed by atoms with Crippen LogP contribution >= 0.6 is 0 Å². The molecule has 2 aromatic rings. The zero-order valence-corrected chi connectivity index (χ0v) is 28.1. The summed E-state index contributed by atoms with van der Waals surface area (Å²) in [5, 5.41) is 22.3. The van der Waals surface area contributed by atoms with Crippen molar-refractivity contribution in [3.8, 4) is 0 Å². The van der Waals surface area contributed by atoms with Crippen LogP contribution in [0.15, 0.2) is 70.1 Å².